The monoisotopic (exact) mass is 397 g/mol. The molecular formula is C22H20FNO5. The third-order valence-corrected chi connectivity index (χ3v) is 4.47. The predicted molar refractivity (Wildman–Crippen MR) is 106 cm³/mol. The van der Waals surface area contributed by atoms with E-state index in [0.717, 1.165) is 0 Å². The molecule has 2 aromatic rings. The molecule has 0 aromatic heterocycles. The lowest BCUT2D eigenvalue weighted by atomic mass is 10.0. The minimum absolute atomic E-state index is 0.0281. The summed E-state index contributed by atoms with van der Waals surface area (Å²) in [5.41, 5.74) is 1.62. The molecule has 0 bridgehead atoms. The molecule has 1 aliphatic heterocycles. The number of ether oxygens (including phenoxy) is 2. The standard InChI is InChI=1S/C22H20FNO5/c1-4-29-19-12-14(5-10-18(19)25)11-17-20(22(27)28-3)13(2)24(21(17)26)16-8-6-15(23)7-9-16/h5-12,25H,4H2,1-3H3/b17-11-. The summed E-state index contributed by atoms with van der Waals surface area (Å²) in [7, 11) is 1.24. The molecule has 0 fully saturated rings. The summed E-state index contributed by atoms with van der Waals surface area (Å²) in [6, 6.07) is 10.0. The zero-order chi connectivity index (χ0) is 21.1. The SMILES string of the molecule is CCOc1cc(/C=C2\C(=O)N(c3ccc(F)cc3)C(C)=C2C(=O)OC)ccc1O. The molecule has 0 spiro atoms. The number of amides is 1. The van der Waals surface area contributed by atoms with Crippen LogP contribution in [0, 0.1) is 5.82 Å². The Morgan fingerprint density at radius 1 is 1.21 bits per heavy atom. The number of phenols is 1. The molecule has 3 rings (SSSR count). The molecule has 0 radical (unpaired) electrons. The highest BCUT2D eigenvalue weighted by Gasteiger charge is 2.37. The van der Waals surface area contributed by atoms with Gasteiger partial charge in [-0.3, -0.25) is 9.69 Å². The lowest BCUT2D eigenvalue weighted by Gasteiger charge is -2.17. The third-order valence-electron chi connectivity index (χ3n) is 4.47. The quantitative estimate of drug-likeness (QED) is 0.613. The summed E-state index contributed by atoms with van der Waals surface area (Å²) in [6.07, 6.45) is 1.53. The van der Waals surface area contributed by atoms with Crippen molar-refractivity contribution >= 4 is 23.6 Å². The molecule has 1 amide bonds. The first-order valence-electron chi connectivity index (χ1n) is 8.94. The van der Waals surface area contributed by atoms with Gasteiger partial charge in [0.25, 0.3) is 5.91 Å². The Hall–Kier alpha value is -3.61. The number of hydrogen-bond donors (Lipinski definition) is 1. The predicted octanol–water partition coefficient (Wildman–Crippen LogP) is 3.81. The fourth-order valence-corrected chi connectivity index (χ4v) is 3.14. The number of phenolic OH excluding ortho intramolecular Hbond substituents is 1. The van der Waals surface area contributed by atoms with Crippen LogP contribution in [0.15, 0.2) is 59.3 Å². The summed E-state index contributed by atoms with van der Waals surface area (Å²) in [4.78, 5) is 26.9. The van der Waals surface area contributed by atoms with Gasteiger partial charge < -0.3 is 14.6 Å². The van der Waals surface area contributed by atoms with Crippen LogP contribution < -0.4 is 9.64 Å². The fraction of sp³-hybridized carbons (Fsp3) is 0.182. The largest absolute Gasteiger partial charge is 0.504 e. The number of esters is 1. The number of carbonyl (C=O) groups is 2. The van der Waals surface area contributed by atoms with Crippen LogP contribution in [0.25, 0.3) is 6.08 Å². The Bertz CT molecular complexity index is 1020. The number of carbonyl (C=O) groups excluding carboxylic acids is 2. The molecule has 6 nitrogen and oxygen atoms in total. The van der Waals surface area contributed by atoms with E-state index in [-0.39, 0.29) is 22.6 Å². The molecule has 1 N–H and O–H groups in total. The summed E-state index contributed by atoms with van der Waals surface area (Å²) in [5.74, 6) is -1.29. The van der Waals surface area contributed by atoms with Crippen LogP contribution in [-0.4, -0.2) is 30.7 Å². The zero-order valence-electron chi connectivity index (χ0n) is 16.2. The van der Waals surface area contributed by atoms with Crippen molar-refractivity contribution < 1.29 is 28.6 Å². The van der Waals surface area contributed by atoms with Gasteiger partial charge in [0, 0.05) is 11.4 Å². The minimum atomic E-state index is -0.657. The van der Waals surface area contributed by atoms with Crippen molar-refractivity contribution in [3.63, 3.8) is 0 Å². The summed E-state index contributed by atoms with van der Waals surface area (Å²) in [6.45, 7) is 3.77. The van der Waals surface area contributed by atoms with Crippen molar-refractivity contribution in [3.05, 3.63) is 70.7 Å². The van der Waals surface area contributed by atoms with Gasteiger partial charge in [-0.2, -0.15) is 0 Å². The number of methoxy groups -OCH3 is 1. The van der Waals surface area contributed by atoms with E-state index < -0.39 is 17.7 Å². The van der Waals surface area contributed by atoms with Gasteiger partial charge in [-0.1, -0.05) is 6.07 Å². The summed E-state index contributed by atoms with van der Waals surface area (Å²) < 4.78 is 23.5. The molecule has 0 unspecified atom stereocenters. The molecule has 0 aliphatic carbocycles. The van der Waals surface area contributed by atoms with Crippen molar-refractivity contribution in [2.45, 2.75) is 13.8 Å². The lowest BCUT2D eigenvalue weighted by molar-refractivity contribution is -0.136. The molecular weight excluding hydrogens is 377 g/mol. The Balaban J connectivity index is 2.11. The molecule has 2 aromatic carbocycles. The molecule has 150 valence electrons. The number of halogens is 1. The van der Waals surface area contributed by atoms with Crippen molar-refractivity contribution in [2.75, 3.05) is 18.6 Å². The number of benzene rings is 2. The van der Waals surface area contributed by atoms with E-state index in [1.54, 1.807) is 26.0 Å². The maximum absolute atomic E-state index is 13.3. The maximum Gasteiger partial charge on any atom is 0.340 e. The van der Waals surface area contributed by atoms with Crippen molar-refractivity contribution in [1.82, 2.24) is 0 Å². The van der Waals surface area contributed by atoms with Gasteiger partial charge in [-0.15, -0.1) is 0 Å². The number of hydrogen-bond acceptors (Lipinski definition) is 5. The number of allylic oxidation sites excluding steroid dienone is 1. The van der Waals surface area contributed by atoms with Crippen LogP contribution in [0.2, 0.25) is 0 Å². The van der Waals surface area contributed by atoms with Gasteiger partial charge >= 0.3 is 5.97 Å². The Kier molecular flexibility index (Phi) is 5.68. The highest BCUT2D eigenvalue weighted by molar-refractivity contribution is 6.23. The van der Waals surface area contributed by atoms with Gasteiger partial charge in [-0.25, -0.2) is 9.18 Å². The normalized spacial score (nSPS) is 15.2. The van der Waals surface area contributed by atoms with E-state index in [0.29, 0.717) is 23.6 Å². The average molecular weight is 397 g/mol. The van der Waals surface area contributed by atoms with Crippen molar-refractivity contribution in [2.24, 2.45) is 0 Å². The molecule has 1 aliphatic rings. The number of rotatable bonds is 5. The second kappa shape index (κ2) is 8.18. The van der Waals surface area contributed by atoms with E-state index in [9.17, 15) is 19.1 Å². The number of nitrogens with zero attached hydrogens (tertiary/aromatic N) is 1. The fourth-order valence-electron chi connectivity index (χ4n) is 3.14. The van der Waals surface area contributed by atoms with Crippen LogP contribution in [0.1, 0.15) is 19.4 Å². The maximum atomic E-state index is 13.3. The summed E-state index contributed by atoms with van der Waals surface area (Å²) >= 11 is 0. The van der Waals surface area contributed by atoms with Crippen LogP contribution in [0.3, 0.4) is 0 Å². The zero-order valence-corrected chi connectivity index (χ0v) is 16.2. The van der Waals surface area contributed by atoms with E-state index in [1.165, 1.54) is 48.4 Å². The molecule has 29 heavy (non-hydrogen) atoms. The highest BCUT2D eigenvalue weighted by Crippen LogP contribution is 2.36. The van der Waals surface area contributed by atoms with Gasteiger partial charge in [0.2, 0.25) is 0 Å². The highest BCUT2D eigenvalue weighted by atomic mass is 19.1. The Labute approximate surface area is 167 Å². The van der Waals surface area contributed by atoms with E-state index in [1.807, 2.05) is 0 Å². The van der Waals surface area contributed by atoms with E-state index in [4.69, 9.17) is 9.47 Å². The van der Waals surface area contributed by atoms with Gasteiger partial charge in [0.15, 0.2) is 11.5 Å². The second-order valence-electron chi connectivity index (χ2n) is 6.29. The minimum Gasteiger partial charge on any atom is -0.504 e. The van der Waals surface area contributed by atoms with Gasteiger partial charge in [0.1, 0.15) is 5.82 Å². The second-order valence-corrected chi connectivity index (χ2v) is 6.29. The Morgan fingerprint density at radius 3 is 2.52 bits per heavy atom. The van der Waals surface area contributed by atoms with Gasteiger partial charge in [-0.05, 0) is 61.9 Å². The van der Waals surface area contributed by atoms with Crippen molar-refractivity contribution in [3.8, 4) is 11.5 Å². The van der Waals surface area contributed by atoms with Crippen LogP contribution in [-0.2, 0) is 14.3 Å². The first-order valence-corrected chi connectivity index (χ1v) is 8.94. The first kappa shape index (κ1) is 20.1. The molecule has 1 heterocycles. The van der Waals surface area contributed by atoms with E-state index >= 15 is 0 Å². The Morgan fingerprint density at radius 2 is 1.90 bits per heavy atom. The first-order chi connectivity index (χ1) is 13.9. The smallest absolute Gasteiger partial charge is 0.340 e. The van der Waals surface area contributed by atoms with Crippen molar-refractivity contribution in [1.29, 1.82) is 0 Å². The average Bonchev–Trinajstić information content (AvgIpc) is 2.94. The van der Waals surface area contributed by atoms with Gasteiger partial charge in [0.05, 0.1) is 24.9 Å². The molecule has 0 saturated carbocycles. The molecule has 0 saturated heterocycles. The van der Waals surface area contributed by atoms with E-state index in [2.05, 4.69) is 0 Å². The molecule has 7 heteroatoms. The summed E-state index contributed by atoms with van der Waals surface area (Å²) in [5, 5.41) is 9.88. The number of aromatic hydroxyl groups is 1. The van der Waals surface area contributed by atoms with Crippen LogP contribution >= 0.6 is 0 Å². The topological polar surface area (TPSA) is 76.1 Å². The third kappa shape index (κ3) is 3.85. The molecule has 0 atom stereocenters. The van der Waals surface area contributed by atoms with Crippen LogP contribution in [0.4, 0.5) is 10.1 Å². The lowest BCUT2D eigenvalue weighted by Crippen LogP contribution is -2.24. The number of anilines is 1. The van der Waals surface area contributed by atoms with Crippen LogP contribution in [0.5, 0.6) is 11.5 Å².